The Morgan fingerprint density at radius 3 is 2.83 bits per heavy atom. The van der Waals surface area contributed by atoms with Gasteiger partial charge in [-0.05, 0) is 18.9 Å². The average Bonchev–Trinajstić information content (AvgIpc) is 2.82. The van der Waals surface area contributed by atoms with Crippen LogP contribution >= 0.6 is 0 Å². The van der Waals surface area contributed by atoms with Crippen molar-refractivity contribution in [1.82, 2.24) is 19.5 Å². The Labute approximate surface area is 129 Å². The Morgan fingerprint density at radius 1 is 1.30 bits per heavy atom. The summed E-state index contributed by atoms with van der Waals surface area (Å²) in [5, 5.41) is 13.8. The maximum atomic E-state index is 12.9. The molecule has 1 amide bonds. The van der Waals surface area contributed by atoms with E-state index in [1.54, 1.807) is 12.3 Å². The van der Waals surface area contributed by atoms with Gasteiger partial charge in [0.25, 0.3) is 5.91 Å². The zero-order valence-corrected chi connectivity index (χ0v) is 12.1. The molecule has 0 spiro atoms. The van der Waals surface area contributed by atoms with E-state index in [9.17, 15) is 23.1 Å². The minimum atomic E-state index is -4.70. The van der Waals surface area contributed by atoms with E-state index in [2.05, 4.69) is 10.1 Å². The minimum absolute atomic E-state index is 0.0778. The molecule has 2 aromatic heterocycles. The van der Waals surface area contributed by atoms with Crippen molar-refractivity contribution in [3.05, 3.63) is 30.2 Å². The van der Waals surface area contributed by atoms with Gasteiger partial charge >= 0.3 is 6.18 Å². The van der Waals surface area contributed by atoms with Gasteiger partial charge in [0.05, 0.1) is 6.20 Å². The van der Waals surface area contributed by atoms with Gasteiger partial charge < -0.3 is 10.0 Å². The summed E-state index contributed by atoms with van der Waals surface area (Å²) in [5.41, 5.74) is -2.14. The Bertz CT molecular complexity index is 730. The van der Waals surface area contributed by atoms with E-state index in [1.807, 2.05) is 0 Å². The van der Waals surface area contributed by atoms with Crippen molar-refractivity contribution in [3.63, 3.8) is 0 Å². The fourth-order valence-corrected chi connectivity index (χ4v) is 2.75. The number of aliphatic hydroxyl groups is 1. The summed E-state index contributed by atoms with van der Waals surface area (Å²) < 4.78 is 40.2. The standard InChI is InChI=1S/C14H15F3N4O2/c15-14(16,17)13(23)3-1-6-20(8-4-13)12(22)10-9-19-21-7-2-5-18-11(10)21/h2,5,7,9,23H,1,3-4,6,8H2. The monoisotopic (exact) mass is 328 g/mol. The molecule has 1 unspecified atom stereocenters. The number of amides is 1. The molecule has 0 radical (unpaired) electrons. The number of carbonyl (C=O) groups excluding carboxylic acids is 1. The molecule has 124 valence electrons. The van der Waals surface area contributed by atoms with Gasteiger partial charge in [0.15, 0.2) is 11.2 Å². The molecule has 0 saturated carbocycles. The van der Waals surface area contributed by atoms with Gasteiger partial charge in [0.1, 0.15) is 5.56 Å². The lowest BCUT2D eigenvalue weighted by Gasteiger charge is -2.29. The lowest BCUT2D eigenvalue weighted by atomic mass is 9.94. The second kappa shape index (κ2) is 5.48. The first-order valence-electron chi connectivity index (χ1n) is 7.18. The van der Waals surface area contributed by atoms with Crippen LogP contribution in [0, 0.1) is 0 Å². The van der Waals surface area contributed by atoms with Crippen LogP contribution in [0.3, 0.4) is 0 Å². The number of rotatable bonds is 1. The number of nitrogens with zero attached hydrogens (tertiary/aromatic N) is 4. The van der Waals surface area contributed by atoms with Crippen LogP contribution in [-0.2, 0) is 0 Å². The molecule has 1 aliphatic rings. The second-order valence-electron chi connectivity index (χ2n) is 5.62. The van der Waals surface area contributed by atoms with Crippen LogP contribution in [0.2, 0.25) is 0 Å². The number of hydrogen-bond acceptors (Lipinski definition) is 4. The van der Waals surface area contributed by atoms with Gasteiger partial charge in [-0.15, -0.1) is 0 Å². The van der Waals surface area contributed by atoms with Gasteiger partial charge in [0.2, 0.25) is 0 Å². The topological polar surface area (TPSA) is 70.7 Å². The van der Waals surface area contributed by atoms with Crippen LogP contribution in [0.1, 0.15) is 29.6 Å². The summed E-state index contributed by atoms with van der Waals surface area (Å²) in [4.78, 5) is 17.9. The highest BCUT2D eigenvalue weighted by Gasteiger charge is 2.53. The molecule has 3 rings (SSSR count). The molecule has 0 aromatic carbocycles. The third-order valence-electron chi connectivity index (χ3n) is 4.14. The molecule has 1 fully saturated rings. The third-order valence-corrected chi connectivity index (χ3v) is 4.14. The maximum Gasteiger partial charge on any atom is 0.417 e. The fraction of sp³-hybridized carbons (Fsp3) is 0.500. The largest absolute Gasteiger partial charge is 0.417 e. The lowest BCUT2D eigenvalue weighted by Crippen LogP contribution is -2.46. The molecule has 6 nitrogen and oxygen atoms in total. The molecular weight excluding hydrogens is 313 g/mol. The van der Waals surface area contributed by atoms with Gasteiger partial charge in [0, 0.05) is 31.9 Å². The Kier molecular flexibility index (Phi) is 3.75. The molecule has 1 aliphatic heterocycles. The molecule has 3 heterocycles. The van der Waals surface area contributed by atoms with Crippen molar-refractivity contribution in [2.24, 2.45) is 0 Å². The summed E-state index contributed by atoms with van der Waals surface area (Å²) in [6.45, 7) is -0.0135. The predicted molar refractivity (Wildman–Crippen MR) is 73.7 cm³/mol. The van der Waals surface area contributed by atoms with Crippen LogP contribution in [0.5, 0.6) is 0 Å². The number of alkyl halides is 3. The number of carbonyl (C=O) groups is 1. The van der Waals surface area contributed by atoms with Crippen molar-refractivity contribution in [2.45, 2.75) is 31.0 Å². The van der Waals surface area contributed by atoms with E-state index < -0.39 is 30.5 Å². The van der Waals surface area contributed by atoms with E-state index >= 15 is 0 Å². The molecule has 0 aliphatic carbocycles. The molecule has 1 atom stereocenters. The number of halogens is 3. The quantitative estimate of drug-likeness (QED) is 0.864. The zero-order valence-electron chi connectivity index (χ0n) is 12.1. The molecule has 9 heteroatoms. The van der Waals surface area contributed by atoms with Crippen LogP contribution in [0.15, 0.2) is 24.7 Å². The number of likely N-dealkylation sites (tertiary alicyclic amines) is 1. The van der Waals surface area contributed by atoms with Gasteiger partial charge in [-0.3, -0.25) is 4.79 Å². The van der Waals surface area contributed by atoms with Crippen molar-refractivity contribution in [1.29, 1.82) is 0 Å². The van der Waals surface area contributed by atoms with Crippen molar-refractivity contribution in [3.8, 4) is 0 Å². The summed E-state index contributed by atoms with van der Waals surface area (Å²) in [5.74, 6) is -0.426. The molecule has 0 bridgehead atoms. The van der Waals surface area contributed by atoms with Crippen LogP contribution in [0.25, 0.3) is 5.65 Å². The van der Waals surface area contributed by atoms with E-state index in [0.29, 0.717) is 5.65 Å². The maximum absolute atomic E-state index is 12.9. The summed E-state index contributed by atoms with van der Waals surface area (Å²) in [6.07, 6.45) is -1.07. The second-order valence-corrected chi connectivity index (χ2v) is 5.62. The first-order chi connectivity index (χ1) is 10.8. The van der Waals surface area contributed by atoms with Crippen molar-refractivity contribution >= 4 is 11.6 Å². The van der Waals surface area contributed by atoms with E-state index in [-0.39, 0.29) is 25.1 Å². The highest BCUT2D eigenvalue weighted by Crippen LogP contribution is 2.38. The highest BCUT2D eigenvalue weighted by atomic mass is 19.4. The normalized spacial score (nSPS) is 23.0. The third kappa shape index (κ3) is 2.76. The molecule has 23 heavy (non-hydrogen) atoms. The van der Waals surface area contributed by atoms with Crippen molar-refractivity contribution < 1.29 is 23.1 Å². The Morgan fingerprint density at radius 2 is 2.09 bits per heavy atom. The summed E-state index contributed by atoms with van der Waals surface area (Å²) in [6, 6.07) is 1.66. The minimum Gasteiger partial charge on any atom is -0.380 e. The molecule has 1 saturated heterocycles. The van der Waals surface area contributed by atoms with E-state index in [4.69, 9.17) is 0 Å². The smallest absolute Gasteiger partial charge is 0.380 e. The van der Waals surface area contributed by atoms with Crippen LogP contribution in [-0.4, -0.2) is 55.4 Å². The number of aromatic nitrogens is 3. The van der Waals surface area contributed by atoms with Crippen LogP contribution in [0.4, 0.5) is 13.2 Å². The Hall–Kier alpha value is -2.16. The predicted octanol–water partition coefficient (Wildman–Crippen LogP) is 1.65. The van der Waals surface area contributed by atoms with Crippen LogP contribution < -0.4 is 0 Å². The average molecular weight is 328 g/mol. The fourth-order valence-electron chi connectivity index (χ4n) is 2.75. The zero-order chi connectivity index (χ0) is 16.7. The van der Waals surface area contributed by atoms with Gasteiger partial charge in [-0.25, -0.2) is 9.50 Å². The molecular formula is C14H15F3N4O2. The summed E-state index contributed by atoms with van der Waals surface area (Å²) in [7, 11) is 0. The first-order valence-corrected chi connectivity index (χ1v) is 7.18. The first kappa shape index (κ1) is 15.7. The summed E-state index contributed by atoms with van der Waals surface area (Å²) >= 11 is 0. The van der Waals surface area contributed by atoms with E-state index in [1.165, 1.54) is 21.8 Å². The number of hydrogen-bond donors (Lipinski definition) is 1. The molecule has 2 aromatic rings. The number of fused-ring (bicyclic) bond motifs is 1. The van der Waals surface area contributed by atoms with E-state index in [0.717, 1.165) is 0 Å². The molecule has 1 N–H and O–H groups in total. The van der Waals surface area contributed by atoms with Gasteiger partial charge in [-0.1, -0.05) is 0 Å². The van der Waals surface area contributed by atoms with Gasteiger partial charge in [-0.2, -0.15) is 18.3 Å². The Balaban J connectivity index is 1.81. The highest BCUT2D eigenvalue weighted by molar-refractivity contribution is 5.99. The van der Waals surface area contributed by atoms with Crippen molar-refractivity contribution in [2.75, 3.05) is 13.1 Å². The SMILES string of the molecule is O=C(c1cnn2cccnc12)N1CCCC(O)(C(F)(F)F)CC1. The lowest BCUT2D eigenvalue weighted by molar-refractivity contribution is -0.263.